The Kier molecular flexibility index (Phi) is 7.74. The fourth-order valence-corrected chi connectivity index (χ4v) is 8.01. The van der Waals surface area contributed by atoms with Gasteiger partial charge >= 0.3 is 0 Å². The largest absolute Gasteiger partial charge is 0.454 e. The molecule has 0 bridgehead atoms. The smallest absolute Gasteiger partial charge is 0.164 e. The maximum absolute atomic E-state index is 6.55. The molecule has 11 rings (SSSR count). The number of aromatic nitrogens is 4. The highest BCUT2D eigenvalue weighted by atomic mass is 16.3. The number of pyridine rings is 1. The van der Waals surface area contributed by atoms with Gasteiger partial charge in [0.25, 0.3) is 0 Å². The summed E-state index contributed by atoms with van der Waals surface area (Å²) in [7, 11) is 0. The Morgan fingerprint density at radius 2 is 0.877 bits per heavy atom. The molecule has 0 saturated heterocycles. The SMILES string of the molecule is c1ccc(-c2cccc(-c3nc(-c4ccccc4)nc(-c4cc(-c5cc6ccccc6c6ccccc56)cc(-c5ccnc6c5oc5ccccc56)c4)n3)c2)cc1. The average Bonchev–Trinajstić information content (AvgIpc) is 3.68. The van der Waals surface area contributed by atoms with Crippen LogP contribution in [0, 0.1) is 0 Å². The van der Waals surface area contributed by atoms with Crippen LogP contribution in [0.1, 0.15) is 0 Å². The van der Waals surface area contributed by atoms with Crippen LogP contribution in [0.4, 0.5) is 0 Å². The van der Waals surface area contributed by atoms with Gasteiger partial charge in [-0.2, -0.15) is 0 Å². The van der Waals surface area contributed by atoms with Crippen molar-refractivity contribution < 1.29 is 4.42 Å². The topological polar surface area (TPSA) is 64.7 Å². The Morgan fingerprint density at radius 3 is 1.67 bits per heavy atom. The number of benzene rings is 8. The molecule has 5 heteroatoms. The van der Waals surface area contributed by atoms with Crippen molar-refractivity contribution in [1.82, 2.24) is 19.9 Å². The standard InChI is InChI=1S/C52H32N4O/c1-3-14-33(15-4-1)35-19-13-20-37(28-35)51-54-50(34-16-5-2-6-17-34)55-52(56-51)40-30-38(42-26-27-53-48-45-24-11-12-25-47(45)57-49(42)48)29-39(31-40)46-32-36-18-7-8-21-41(36)43-22-9-10-23-44(43)46/h1-32H. The maximum Gasteiger partial charge on any atom is 0.164 e. The van der Waals surface area contributed by atoms with E-state index in [1.165, 1.54) is 21.5 Å². The molecule has 0 unspecified atom stereocenters. The first-order valence-electron chi connectivity index (χ1n) is 19.0. The summed E-state index contributed by atoms with van der Waals surface area (Å²) in [5.41, 5.74) is 11.4. The molecule has 0 amide bonds. The van der Waals surface area contributed by atoms with E-state index in [9.17, 15) is 0 Å². The maximum atomic E-state index is 6.55. The fourth-order valence-electron chi connectivity index (χ4n) is 8.01. The van der Waals surface area contributed by atoms with E-state index in [2.05, 4.69) is 127 Å². The van der Waals surface area contributed by atoms with E-state index in [4.69, 9.17) is 24.4 Å². The average molecular weight is 729 g/mol. The van der Waals surface area contributed by atoms with Crippen LogP contribution in [0.25, 0.3) is 111 Å². The third-order valence-electron chi connectivity index (χ3n) is 10.7. The minimum Gasteiger partial charge on any atom is -0.454 e. The van der Waals surface area contributed by atoms with Crippen LogP contribution in [-0.4, -0.2) is 19.9 Å². The van der Waals surface area contributed by atoms with Crippen molar-refractivity contribution >= 4 is 43.6 Å². The van der Waals surface area contributed by atoms with Crippen molar-refractivity contribution in [3.05, 3.63) is 194 Å². The molecule has 0 aliphatic heterocycles. The van der Waals surface area contributed by atoms with Gasteiger partial charge in [-0.3, -0.25) is 4.98 Å². The monoisotopic (exact) mass is 728 g/mol. The fraction of sp³-hybridized carbons (Fsp3) is 0. The zero-order valence-electron chi connectivity index (χ0n) is 30.7. The molecule has 0 fully saturated rings. The number of rotatable bonds is 6. The summed E-state index contributed by atoms with van der Waals surface area (Å²) in [6, 6.07) is 65.2. The second-order valence-corrected chi connectivity index (χ2v) is 14.2. The molecule has 0 aliphatic rings. The van der Waals surface area contributed by atoms with Gasteiger partial charge in [-0.1, -0.05) is 140 Å². The van der Waals surface area contributed by atoms with E-state index >= 15 is 0 Å². The number of hydrogen-bond acceptors (Lipinski definition) is 5. The van der Waals surface area contributed by atoms with Gasteiger partial charge in [-0.25, -0.2) is 15.0 Å². The summed E-state index contributed by atoms with van der Waals surface area (Å²) in [6.45, 7) is 0. The first-order valence-corrected chi connectivity index (χ1v) is 19.0. The summed E-state index contributed by atoms with van der Waals surface area (Å²) in [5.74, 6) is 1.78. The van der Waals surface area contributed by atoms with Crippen molar-refractivity contribution in [3.8, 4) is 67.5 Å². The van der Waals surface area contributed by atoms with Gasteiger partial charge in [-0.05, 0) is 97.9 Å². The minimum absolute atomic E-state index is 0.576. The molecule has 0 saturated carbocycles. The van der Waals surface area contributed by atoms with E-state index in [1.54, 1.807) is 0 Å². The van der Waals surface area contributed by atoms with Gasteiger partial charge in [0.2, 0.25) is 0 Å². The molecule has 0 radical (unpaired) electrons. The molecule has 11 aromatic rings. The lowest BCUT2D eigenvalue weighted by atomic mass is 9.90. The zero-order valence-corrected chi connectivity index (χ0v) is 30.7. The van der Waals surface area contributed by atoms with Gasteiger partial charge < -0.3 is 4.42 Å². The molecule has 0 spiro atoms. The lowest BCUT2D eigenvalue weighted by Crippen LogP contribution is -2.01. The van der Waals surface area contributed by atoms with Gasteiger partial charge in [-0.15, -0.1) is 0 Å². The number of furan rings is 1. The first kappa shape index (κ1) is 32.7. The zero-order chi connectivity index (χ0) is 37.7. The van der Waals surface area contributed by atoms with E-state index in [1.807, 2.05) is 66.9 Å². The lowest BCUT2D eigenvalue weighted by Gasteiger charge is -2.15. The first-order chi connectivity index (χ1) is 28.2. The summed E-state index contributed by atoms with van der Waals surface area (Å²) in [6.07, 6.45) is 1.87. The van der Waals surface area contributed by atoms with E-state index in [0.29, 0.717) is 17.5 Å². The molecule has 5 nitrogen and oxygen atoms in total. The Balaban J connectivity index is 1.18. The highest BCUT2D eigenvalue weighted by Crippen LogP contribution is 2.41. The van der Waals surface area contributed by atoms with Crippen LogP contribution in [0.3, 0.4) is 0 Å². The van der Waals surface area contributed by atoms with E-state index < -0.39 is 0 Å². The quantitative estimate of drug-likeness (QED) is 0.160. The van der Waals surface area contributed by atoms with Crippen LogP contribution < -0.4 is 0 Å². The highest BCUT2D eigenvalue weighted by molar-refractivity contribution is 6.14. The molecule has 0 atom stereocenters. The van der Waals surface area contributed by atoms with Gasteiger partial charge in [0.1, 0.15) is 11.1 Å². The van der Waals surface area contributed by atoms with E-state index in [-0.39, 0.29) is 0 Å². The molecular formula is C52H32N4O. The minimum atomic E-state index is 0.576. The third-order valence-corrected chi connectivity index (χ3v) is 10.7. The Morgan fingerprint density at radius 1 is 0.333 bits per heavy atom. The Bertz CT molecular complexity index is 3300. The second-order valence-electron chi connectivity index (χ2n) is 14.2. The summed E-state index contributed by atoms with van der Waals surface area (Å²) in [4.78, 5) is 20.3. The molecule has 57 heavy (non-hydrogen) atoms. The lowest BCUT2D eigenvalue weighted by molar-refractivity contribution is 0.669. The van der Waals surface area contributed by atoms with Crippen LogP contribution in [0.5, 0.6) is 0 Å². The van der Waals surface area contributed by atoms with Crippen molar-refractivity contribution in [1.29, 1.82) is 0 Å². The summed E-state index contributed by atoms with van der Waals surface area (Å²) in [5, 5.41) is 5.75. The molecule has 0 aliphatic carbocycles. The molecule has 3 aromatic heterocycles. The van der Waals surface area contributed by atoms with Crippen LogP contribution in [0.15, 0.2) is 199 Å². The second kappa shape index (κ2) is 13.5. The van der Waals surface area contributed by atoms with Crippen molar-refractivity contribution in [2.45, 2.75) is 0 Å². The molecular weight excluding hydrogens is 697 g/mol. The van der Waals surface area contributed by atoms with Crippen LogP contribution in [-0.2, 0) is 0 Å². The summed E-state index contributed by atoms with van der Waals surface area (Å²) < 4.78 is 6.55. The summed E-state index contributed by atoms with van der Waals surface area (Å²) >= 11 is 0. The highest BCUT2D eigenvalue weighted by Gasteiger charge is 2.19. The van der Waals surface area contributed by atoms with Crippen molar-refractivity contribution in [2.75, 3.05) is 0 Å². The molecule has 0 N–H and O–H groups in total. The van der Waals surface area contributed by atoms with Gasteiger partial charge in [0.05, 0.1) is 0 Å². The molecule has 266 valence electrons. The normalized spacial score (nSPS) is 11.5. The number of hydrogen-bond donors (Lipinski definition) is 0. The van der Waals surface area contributed by atoms with Crippen molar-refractivity contribution in [2.24, 2.45) is 0 Å². The van der Waals surface area contributed by atoms with Crippen molar-refractivity contribution in [3.63, 3.8) is 0 Å². The van der Waals surface area contributed by atoms with Crippen LogP contribution in [0.2, 0.25) is 0 Å². The number of fused-ring (bicyclic) bond motifs is 6. The third kappa shape index (κ3) is 5.81. The predicted octanol–water partition coefficient (Wildman–Crippen LogP) is 13.5. The van der Waals surface area contributed by atoms with Crippen LogP contribution >= 0.6 is 0 Å². The predicted molar refractivity (Wildman–Crippen MR) is 233 cm³/mol. The Hall–Kier alpha value is -7.76. The Labute approximate surface area is 328 Å². The number of nitrogens with zero attached hydrogens (tertiary/aromatic N) is 4. The number of para-hydroxylation sites is 1. The molecule has 8 aromatic carbocycles. The molecule has 3 heterocycles. The van der Waals surface area contributed by atoms with Gasteiger partial charge in [0.15, 0.2) is 23.1 Å². The van der Waals surface area contributed by atoms with E-state index in [0.717, 1.165) is 72.1 Å². The van der Waals surface area contributed by atoms with Gasteiger partial charge in [0, 0.05) is 33.8 Å².